The zero-order valence-corrected chi connectivity index (χ0v) is 49.7. The summed E-state index contributed by atoms with van der Waals surface area (Å²) in [5.74, 6) is 0. The minimum Gasteiger partial charge on any atom is -0.400 e. The van der Waals surface area contributed by atoms with E-state index in [1.54, 1.807) is 4.74 Å². The Kier molecular flexibility index (Phi) is 74.6. The molecule has 1 N–H and O–H groups in total. The zero-order valence-electron chi connectivity index (χ0n) is 47.3. The van der Waals surface area contributed by atoms with Gasteiger partial charge in [-0.1, -0.05) is 232 Å². The standard InChI is InChI=1S/2C16H15N.C2F6O.C2H3F3O3S.8C2H6.CH4O.2O2S/c2*1-3-7-13(8-4-1)15-11-12-16(17-15)14-9-5-2-6-10-14;3-1(4,5)9-2(6,7)8;1-8-9(6,7)2(3,4)5;9*1-2;2*1-3-2/h2*1-10,15H,11-12H2;;1H3;8*1-2H3;2H,1H3;;. The van der Waals surface area contributed by atoms with E-state index in [0.717, 1.165) is 32.8 Å². The first kappa shape index (κ1) is 90.6. The maximum Gasteiger partial charge on any atom is 0.529 e. The van der Waals surface area contributed by atoms with Crippen molar-refractivity contribution in [3.8, 4) is 0 Å². The van der Waals surface area contributed by atoms with Gasteiger partial charge in [-0.3, -0.25) is 14.2 Å². The first-order valence-electron chi connectivity index (χ1n) is 24.5. The number of rotatable bonds is 5. The quantitative estimate of drug-likeness (QED) is 0.116. The lowest BCUT2D eigenvalue weighted by molar-refractivity contribution is -0.463. The van der Waals surface area contributed by atoms with Gasteiger partial charge in [-0.05, 0) is 47.9 Å². The molecule has 0 radical (unpaired) electrons. The predicted octanol–water partition coefficient (Wildman–Crippen LogP) is 17.0. The Morgan fingerprint density at radius 2 is 0.658 bits per heavy atom. The molecule has 0 bridgehead atoms. The average molecular weight is 1160 g/mol. The van der Waals surface area contributed by atoms with E-state index in [1.165, 1.54) is 33.7 Å². The van der Waals surface area contributed by atoms with E-state index in [-0.39, 0.29) is 0 Å². The maximum absolute atomic E-state index is 11.1. The Morgan fingerprint density at radius 1 is 0.447 bits per heavy atom. The van der Waals surface area contributed by atoms with Crippen molar-refractivity contribution in [2.75, 3.05) is 14.2 Å². The lowest BCUT2D eigenvalue weighted by atomic mass is 10.0. The number of nitrogens with zero attached hydrogens (tertiary/aromatic N) is 2. The normalized spacial score (nSPS) is 12.8. The number of aliphatic imine (C=N–C) groups is 2. The van der Waals surface area contributed by atoms with E-state index < -0.39 is 51.5 Å². The molecule has 0 saturated heterocycles. The largest absolute Gasteiger partial charge is 0.529 e. The summed E-state index contributed by atoms with van der Waals surface area (Å²) in [6.07, 6.45) is -6.84. The molecule has 2 unspecified atom stereocenters. The van der Waals surface area contributed by atoms with Crippen LogP contribution in [0.1, 0.15) is 171 Å². The molecule has 4 aromatic carbocycles. The number of hydrogen-bond donors (Lipinski definition) is 1. The molecular formula is C53H85F9N2O9S3. The Bertz CT molecular complexity index is 1920. The fraction of sp³-hybridized carbons (Fsp3) is 0.509. The van der Waals surface area contributed by atoms with Crippen molar-refractivity contribution in [1.82, 2.24) is 0 Å². The highest BCUT2D eigenvalue weighted by Crippen LogP contribution is 2.32. The van der Waals surface area contributed by atoms with Gasteiger partial charge >= 0.3 is 51.5 Å². The smallest absolute Gasteiger partial charge is 0.400 e. The van der Waals surface area contributed by atoms with Crippen molar-refractivity contribution in [3.05, 3.63) is 144 Å². The summed E-state index contributed by atoms with van der Waals surface area (Å²) in [5, 5.41) is 7.00. The monoisotopic (exact) mass is 1160 g/mol. The van der Waals surface area contributed by atoms with Gasteiger partial charge < -0.3 is 5.11 Å². The summed E-state index contributed by atoms with van der Waals surface area (Å²) in [6, 6.07) is 42.8. The Morgan fingerprint density at radius 3 is 0.816 bits per heavy atom. The van der Waals surface area contributed by atoms with Crippen molar-refractivity contribution in [3.63, 3.8) is 0 Å². The Hall–Kier alpha value is -4.94. The molecule has 4 aromatic rings. The molecule has 0 amide bonds. The van der Waals surface area contributed by atoms with E-state index in [1.807, 2.05) is 123 Å². The fourth-order valence-electron chi connectivity index (χ4n) is 4.94. The molecule has 2 aliphatic heterocycles. The van der Waals surface area contributed by atoms with Crippen LogP contribution >= 0.6 is 0 Å². The lowest BCUT2D eigenvalue weighted by Gasteiger charge is -2.08. The third-order valence-electron chi connectivity index (χ3n) is 7.25. The number of ether oxygens (including phenoxy) is 1. The zero-order chi connectivity index (χ0) is 61.8. The summed E-state index contributed by atoms with van der Waals surface area (Å²) >= 11 is -1.50. The van der Waals surface area contributed by atoms with Crippen molar-refractivity contribution < 1.29 is 78.8 Å². The topological polar surface area (TPSA) is 166 Å². The SMILES string of the molecule is CC.CC.CC.CC.CC.CC.CC.CC.CO.COS(=O)(=O)C(F)(F)F.FC(F)(F)OC(F)(F)F.O=S=O.O=S=O.c1ccc(C2=NC(c3ccccc3)CC2)cc1.c1ccc(C2=NC(c3ccccc3)CC2)cc1. The molecule has 2 heterocycles. The van der Waals surface area contributed by atoms with Gasteiger partial charge in [0.2, 0.25) is 0 Å². The number of alkyl halides is 9. The number of hydrogen-bond acceptors (Lipinski definition) is 11. The minimum absolute atomic E-state index is 0.353. The summed E-state index contributed by atoms with van der Waals surface area (Å²) in [4.78, 5) is 9.69. The highest BCUT2D eigenvalue weighted by Gasteiger charge is 2.46. The van der Waals surface area contributed by atoms with E-state index in [0.29, 0.717) is 19.2 Å². The van der Waals surface area contributed by atoms with Crippen LogP contribution in [0.4, 0.5) is 39.5 Å². The molecule has 0 saturated carbocycles. The Balaban J connectivity index is -0.000000101. The molecule has 442 valence electrons. The molecule has 0 spiro atoms. The molecule has 11 nitrogen and oxygen atoms in total. The van der Waals surface area contributed by atoms with Gasteiger partial charge in [-0.2, -0.15) is 43.2 Å². The van der Waals surface area contributed by atoms with Crippen LogP contribution in [0.5, 0.6) is 0 Å². The van der Waals surface area contributed by atoms with Crippen LogP contribution in [-0.4, -0.2) is 74.2 Å². The lowest BCUT2D eigenvalue weighted by Crippen LogP contribution is -2.25. The molecule has 0 fully saturated rings. The molecule has 23 heteroatoms. The summed E-state index contributed by atoms with van der Waals surface area (Å²) < 4.78 is 154. The van der Waals surface area contributed by atoms with Crippen LogP contribution in [0, 0.1) is 0 Å². The van der Waals surface area contributed by atoms with Crippen molar-refractivity contribution in [1.29, 1.82) is 0 Å². The van der Waals surface area contributed by atoms with Crippen LogP contribution in [-0.2, 0) is 42.2 Å². The molecule has 2 aliphatic rings. The van der Waals surface area contributed by atoms with Gasteiger partial charge in [0.25, 0.3) is 0 Å². The summed E-state index contributed by atoms with van der Waals surface area (Å²) in [6.45, 7) is 32.0. The molecule has 6 rings (SSSR count). The second kappa shape index (κ2) is 62.6. The maximum atomic E-state index is 11.1. The molecular weight excluding hydrogens is 1080 g/mol. The van der Waals surface area contributed by atoms with Crippen molar-refractivity contribution in [2.45, 2.75) is 167 Å². The van der Waals surface area contributed by atoms with E-state index in [2.05, 4.69) is 113 Å². The van der Waals surface area contributed by atoms with Crippen LogP contribution in [0.25, 0.3) is 0 Å². The van der Waals surface area contributed by atoms with Gasteiger partial charge in [0, 0.05) is 18.5 Å². The average Bonchev–Trinajstić information content (AvgIpc) is 4.17. The second-order valence-electron chi connectivity index (χ2n) is 11.0. The van der Waals surface area contributed by atoms with Crippen LogP contribution in [0.2, 0.25) is 0 Å². The number of aliphatic hydroxyl groups is 1. The van der Waals surface area contributed by atoms with Gasteiger partial charge in [-0.15, -0.1) is 26.3 Å². The van der Waals surface area contributed by atoms with Crippen LogP contribution in [0.15, 0.2) is 131 Å². The second-order valence-corrected chi connectivity index (χ2v) is 13.0. The van der Waals surface area contributed by atoms with Gasteiger partial charge in [0.15, 0.2) is 0 Å². The van der Waals surface area contributed by atoms with Gasteiger partial charge in [0.05, 0.1) is 19.2 Å². The van der Waals surface area contributed by atoms with Gasteiger partial charge in [-0.25, -0.2) is 0 Å². The number of benzene rings is 4. The highest BCUT2D eigenvalue weighted by molar-refractivity contribution is 7.87. The Labute approximate surface area is 456 Å². The van der Waals surface area contributed by atoms with E-state index in [4.69, 9.17) is 31.9 Å². The fourth-order valence-corrected chi connectivity index (χ4v) is 5.13. The van der Waals surface area contributed by atoms with Crippen molar-refractivity contribution >= 4 is 44.7 Å². The first-order valence-corrected chi connectivity index (χ1v) is 27.3. The molecule has 2 atom stereocenters. The van der Waals surface area contributed by atoms with Crippen LogP contribution in [0.3, 0.4) is 0 Å². The highest BCUT2D eigenvalue weighted by atomic mass is 32.2. The third kappa shape index (κ3) is 51.2. The predicted molar refractivity (Wildman–Crippen MR) is 295 cm³/mol. The van der Waals surface area contributed by atoms with Gasteiger partial charge in [0.1, 0.15) is 0 Å². The van der Waals surface area contributed by atoms with Crippen LogP contribution < -0.4 is 0 Å². The molecule has 76 heavy (non-hydrogen) atoms. The summed E-state index contributed by atoms with van der Waals surface area (Å²) in [5.41, 5.74) is 2.40. The van der Waals surface area contributed by atoms with Crippen molar-refractivity contribution in [2.24, 2.45) is 9.98 Å². The molecule has 0 aromatic heterocycles. The number of aliphatic hydroxyl groups excluding tert-OH is 1. The molecule has 0 aliphatic carbocycles. The first-order chi connectivity index (χ1) is 36.2. The summed E-state index contributed by atoms with van der Waals surface area (Å²) in [7, 11) is -3.89. The van der Waals surface area contributed by atoms with E-state index in [9.17, 15) is 47.9 Å². The minimum atomic E-state index is -5.64. The third-order valence-corrected chi connectivity index (χ3v) is 8.26. The number of halogens is 9. The van der Waals surface area contributed by atoms with E-state index >= 15 is 0 Å².